The average molecular weight is 881 g/mol. The number of hydrogen-bond donors (Lipinski definition) is 0. The minimum absolute atomic E-state index is 0.0876. The molecule has 0 aliphatic carbocycles. The molecule has 0 amide bonds. The Morgan fingerprint density at radius 3 is 1.00 bits per heavy atom. The number of rotatable bonds is 48. The van der Waals surface area contributed by atoms with E-state index < -0.39 is 6.10 Å². The molecule has 0 radical (unpaired) electrons. The van der Waals surface area contributed by atoms with Crippen molar-refractivity contribution < 1.29 is 28.6 Å². The van der Waals surface area contributed by atoms with Crippen LogP contribution in [0.3, 0.4) is 0 Å². The zero-order valence-electron chi connectivity index (χ0n) is 41.6. The van der Waals surface area contributed by atoms with Crippen LogP contribution >= 0.6 is 0 Å². The number of unbranched alkanes of at least 4 members (excludes halogenated alkanes) is 27. The smallest absolute Gasteiger partial charge is 0.306 e. The first-order chi connectivity index (χ1) is 31.0. The van der Waals surface area contributed by atoms with Crippen LogP contribution in [0.25, 0.3) is 0 Å². The molecule has 0 aromatic carbocycles. The van der Waals surface area contributed by atoms with E-state index in [-0.39, 0.29) is 31.1 Å². The lowest BCUT2D eigenvalue weighted by Gasteiger charge is -2.18. The molecule has 0 fully saturated rings. The SMILES string of the molecule is CC/C=C\C/C=C\C/C=C\CCCCC(=O)OCC(COC(=O)CCCCCCCCCCCCCCCCCCCCC)OC(=O)CCCCCCCCC/C=C\C/C=C\CC. The molecule has 0 N–H and O–H groups in total. The van der Waals surface area contributed by atoms with E-state index in [1.165, 1.54) is 128 Å². The summed E-state index contributed by atoms with van der Waals surface area (Å²) in [4.78, 5) is 38.0. The van der Waals surface area contributed by atoms with Gasteiger partial charge >= 0.3 is 17.9 Å². The first-order valence-electron chi connectivity index (χ1n) is 26.8. The van der Waals surface area contributed by atoms with Crippen LogP contribution in [0.1, 0.15) is 265 Å². The molecule has 0 aliphatic heterocycles. The molecule has 1 unspecified atom stereocenters. The van der Waals surface area contributed by atoms with E-state index in [9.17, 15) is 14.4 Å². The lowest BCUT2D eigenvalue weighted by atomic mass is 10.0. The summed E-state index contributed by atoms with van der Waals surface area (Å²) in [7, 11) is 0. The molecule has 6 heteroatoms. The van der Waals surface area contributed by atoms with E-state index in [1.807, 2.05) is 0 Å². The second kappa shape index (κ2) is 51.7. The monoisotopic (exact) mass is 881 g/mol. The fourth-order valence-corrected chi connectivity index (χ4v) is 7.55. The van der Waals surface area contributed by atoms with Gasteiger partial charge in [0.2, 0.25) is 0 Å². The van der Waals surface area contributed by atoms with Gasteiger partial charge < -0.3 is 14.2 Å². The standard InChI is InChI=1S/C57H100O6/c1-4-7-10-13-16-19-22-25-27-28-29-30-31-33-35-38-41-44-47-50-56(59)62-53-54(52-61-55(58)49-46-43-40-37-34-24-21-18-15-12-9-6-3)63-57(60)51-48-45-42-39-36-32-26-23-20-17-14-11-8-5-2/h8-9,11-12,17-18,20-21,34,37,54H,4-7,10,13-16,19,22-33,35-36,38-53H2,1-3H3/b11-8-,12-9-,20-17-,21-18-,37-34-. The van der Waals surface area contributed by atoms with Crippen LogP contribution < -0.4 is 0 Å². The Hall–Kier alpha value is -2.89. The Balaban J connectivity index is 4.34. The lowest BCUT2D eigenvalue weighted by molar-refractivity contribution is -0.167. The molecule has 364 valence electrons. The average Bonchev–Trinajstić information content (AvgIpc) is 3.28. The van der Waals surface area contributed by atoms with Crippen molar-refractivity contribution in [2.45, 2.75) is 271 Å². The van der Waals surface area contributed by atoms with E-state index in [0.29, 0.717) is 19.3 Å². The highest BCUT2D eigenvalue weighted by molar-refractivity contribution is 5.71. The third-order valence-corrected chi connectivity index (χ3v) is 11.5. The molecule has 1 atom stereocenters. The second-order valence-electron chi connectivity index (χ2n) is 17.7. The first-order valence-corrected chi connectivity index (χ1v) is 26.8. The molecular formula is C57H100O6. The third kappa shape index (κ3) is 50.0. The van der Waals surface area contributed by atoms with Crippen molar-refractivity contribution in [3.05, 3.63) is 60.8 Å². The van der Waals surface area contributed by atoms with Crippen LogP contribution in [0.5, 0.6) is 0 Å². The summed E-state index contributed by atoms with van der Waals surface area (Å²) in [5, 5.41) is 0. The highest BCUT2D eigenvalue weighted by Crippen LogP contribution is 2.16. The van der Waals surface area contributed by atoms with Crippen molar-refractivity contribution in [1.82, 2.24) is 0 Å². The summed E-state index contributed by atoms with van der Waals surface area (Å²) in [6, 6.07) is 0. The van der Waals surface area contributed by atoms with Crippen LogP contribution in [-0.4, -0.2) is 37.2 Å². The predicted octanol–water partition coefficient (Wildman–Crippen LogP) is 17.6. The van der Waals surface area contributed by atoms with Gasteiger partial charge in [0, 0.05) is 19.3 Å². The predicted molar refractivity (Wildman–Crippen MR) is 270 cm³/mol. The van der Waals surface area contributed by atoms with Crippen LogP contribution in [0.4, 0.5) is 0 Å². The fraction of sp³-hybridized carbons (Fsp3) is 0.772. The van der Waals surface area contributed by atoms with Crippen LogP contribution in [0.15, 0.2) is 60.8 Å². The molecule has 0 bridgehead atoms. The van der Waals surface area contributed by atoms with Gasteiger partial charge in [0.15, 0.2) is 6.10 Å². The molecule has 63 heavy (non-hydrogen) atoms. The van der Waals surface area contributed by atoms with E-state index in [2.05, 4.69) is 81.5 Å². The summed E-state index contributed by atoms with van der Waals surface area (Å²) >= 11 is 0. The summed E-state index contributed by atoms with van der Waals surface area (Å²) < 4.78 is 16.8. The maximum absolute atomic E-state index is 12.8. The van der Waals surface area contributed by atoms with Crippen molar-refractivity contribution >= 4 is 17.9 Å². The minimum Gasteiger partial charge on any atom is -0.462 e. The highest BCUT2D eigenvalue weighted by atomic mass is 16.6. The van der Waals surface area contributed by atoms with Crippen LogP contribution in [0, 0.1) is 0 Å². The summed E-state index contributed by atoms with van der Waals surface area (Å²) in [5.41, 5.74) is 0. The van der Waals surface area contributed by atoms with E-state index >= 15 is 0 Å². The van der Waals surface area contributed by atoms with Gasteiger partial charge in [-0.2, -0.15) is 0 Å². The Labute approximate surface area is 390 Å². The third-order valence-electron chi connectivity index (χ3n) is 11.5. The molecule has 0 saturated heterocycles. The molecule has 0 rings (SSSR count). The molecule has 0 aromatic rings. The molecule has 6 nitrogen and oxygen atoms in total. The minimum atomic E-state index is -0.791. The molecule has 0 saturated carbocycles. The number of carbonyl (C=O) groups excluding carboxylic acids is 3. The maximum Gasteiger partial charge on any atom is 0.306 e. The second-order valence-corrected chi connectivity index (χ2v) is 17.7. The fourth-order valence-electron chi connectivity index (χ4n) is 7.55. The Bertz CT molecular complexity index is 1150. The van der Waals surface area contributed by atoms with Crippen LogP contribution in [0.2, 0.25) is 0 Å². The van der Waals surface area contributed by atoms with Gasteiger partial charge in [0.1, 0.15) is 13.2 Å². The number of esters is 3. The molecule has 0 spiro atoms. The normalized spacial score (nSPS) is 12.5. The molecule has 0 aromatic heterocycles. The van der Waals surface area contributed by atoms with Gasteiger partial charge in [-0.25, -0.2) is 0 Å². The van der Waals surface area contributed by atoms with Gasteiger partial charge in [-0.1, -0.05) is 229 Å². The first kappa shape index (κ1) is 60.1. The number of ether oxygens (including phenoxy) is 3. The van der Waals surface area contributed by atoms with Crippen molar-refractivity contribution in [3.8, 4) is 0 Å². The Morgan fingerprint density at radius 1 is 0.333 bits per heavy atom. The summed E-state index contributed by atoms with van der Waals surface area (Å²) in [5.74, 6) is -0.930. The van der Waals surface area contributed by atoms with Crippen LogP contribution in [-0.2, 0) is 28.6 Å². The quantitative estimate of drug-likeness (QED) is 0.0262. The van der Waals surface area contributed by atoms with Gasteiger partial charge in [-0.3, -0.25) is 14.4 Å². The van der Waals surface area contributed by atoms with E-state index in [4.69, 9.17) is 14.2 Å². The Morgan fingerprint density at radius 2 is 0.619 bits per heavy atom. The topological polar surface area (TPSA) is 78.9 Å². The van der Waals surface area contributed by atoms with Gasteiger partial charge in [0.05, 0.1) is 0 Å². The zero-order chi connectivity index (χ0) is 45.8. The Kier molecular flexibility index (Phi) is 49.4. The van der Waals surface area contributed by atoms with Crippen molar-refractivity contribution in [3.63, 3.8) is 0 Å². The zero-order valence-corrected chi connectivity index (χ0v) is 41.6. The molecule has 0 aliphatic rings. The van der Waals surface area contributed by atoms with Crippen molar-refractivity contribution in [2.24, 2.45) is 0 Å². The highest BCUT2D eigenvalue weighted by Gasteiger charge is 2.19. The van der Waals surface area contributed by atoms with Gasteiger partial charge in [-0.15, -0.1) is 0 Å². The van der Waals surface area contributed by atoms with E-state index in [0.717, 1.165) is 96.3 Å². The number of hydrogen-bond acceptors (Lipinski definition) is 6. The lowest BCUT2D eigenvalue weighted by Crippen LogP contribution is -2.30. The van der Waals surface area contributed by atoms with Crippen molar-refractivity contribution in [1.29, 1.82) is 0 Å². The largest absolute Gasteiger partial charge is 0.462 e. The number of carbonyl (C=O) groups is 3. The van der Waals surface area contributed by atoms with Crippen molar-refractivity contribution in [2.75, 3.05) is 13.2 Å². The van der Waals surface area contributed by atoms with Gasteiger partial charge in [0.25, 0.3) is 0 Å². The molecule has 0 heterocycles. The summed E-state index contributed by atoms with van der Waals surface area (Å²) in [6.07, 6.45) is 63.6. The van der Waals surface area contributed by atoms with Gasteiger partial charge in [-0.05, 0) is 77.0 Å². The molecular weight excluding hydrogens is 781 g/mol. The maximum atomic E-state index is 12.8. The number of allylic oxidation sites excluding steroid dienone is 10. The van der Waals surface area contributed by atoms with E-state index in [1.54, 1.807) is 0 Å². The summed E-state index contributed by atoms with van der Waals surface area (Å²) in [6.45, 7) is 6.40.